The number of rotatable bonds is 3. The van der Waals surface area contributed by atoms with Gasteiger partial charge in [-0.3, -0.25) is 0 Å². The second-order valence-electron chi connectivity index (χ2n) is 4.58. The van der Waals surface area contributed by atoms with Crippen LogP contribution in [0.15, 0.2) is 39.3 Å². The first-order chi connectivity index (χ1) is 10.1. The summed E-state index contributed by atoms with van der Waals surface area (Å²) in [6, 6.07) is 10.2. The molecule has 0 bridgehead atoms. The van der Waals surface area contributed by atoms with Crippen LogP contribution < -0.4 is 10.1 Å². The topological polar surface area (TPSA) is 34.1 Å². The fourth-order valence-corrected chi connectivity index (χ4v) is 4.10. The minimum absolute atomic E-state index is 0.776. The van der Waals surface area contributed by atoms with Crippen LogP contribution in [0.2, 0.25) is 0 Å². The number of fused-ring (bicyclic) bond motifs is 1. The Morgan fingerprint density at radius 3 is 2.71 bits per heavy atom. The molecule has 0 unspecified atom stereocenters. The van der Waals surface area contributed by atoms with Gasteiger partial charge in [0.2, 0.25) is 0 Å². The summed E-state index contributed by atoms with van der Waals surface area (Å²) < 4.78 is 8.35. The van der Waals surface area contributed by atoms with Crippen molar-refractivity contribution in [2.45, 2.75) is 6.92 Å². The molecule has 3 nitrogen and oxygen atoms in total. The molecule has 3 rings (SSSR count). The van der Waals surface area contributed by atoms with E-state index in [1.54, 1.807) is 18.4 Å². The first-order valence-electron chi connectivity index (χ1n) is 6.24. The quantitative estimate of drug-likeness (QED) is 0.566. The molecule has 6 heteroatoms. The molecule has 0 aliphatic heterocycles. The average Bonchev–Trinajstić information content (AvgIpc) is 2.83. The largest absolute Gasteiger partial charge is 0.495 e. The number of aromatic nitrogens is 1. The van der Waals surface area contributed by atoms with Gasteiger partial charge < -0.3 is 10.1 Å². The summed E-state index contributed by atoms with van der Waals surface area (Å²) >= 11 is 8.65. The minimum atomic E-state index is 0.776. The number of hydrogen-bond acceptors (Lipinski definition) is 4. The second-order valence-corrected chi connectivity index (χ2v) is 7.32. The van der Waals surface area contributed by atoms with E-state index < -0.39 is 0 Å². The Bertz CT molecular complexity index is 817. The van der Waals surface area contributed by atoms with Gasteiger partial charge in [0.25, 0.3) is 0 Å². The summed E-state index contributed by atoms with van der Waals surface area (Å²) in [5, 5.41) is 4.20. The van der Waals surface area contributed by atoms with E-state index in [9.17, 15) is 0 Å². The fraction of sp³-hybridized carbons (Fsp3) is 0.133. The molecule has 0 atom stereocenters. The third-order valence-corrected chi connectivity index (χ3v) is 5.25. The summed E-state index contributed by atoms with van der Waals surface area (Å²) in [5.41, 5.74) is 3.15. The number of methoxy groups -OCH3 is 1. The van der Waals surface area contributed by atoms with Gasteiger partial charge in [-0.2, -0.15) is 0 Å². The molecule has 0 radical (unpaired) electrons. The predicted octanol–water partition coefficient (Wildman–Crippen LogP) is 5.88. The van der Waals surface area contributed by atoms with Crippen molar-refractivity contribution >= 4 is 64.2 Å². The lowest BCUT2D eigenvalue weighted by molar-refractivity contribution is 0.412. The normalized spacial score (nSPS) is 10.9. The van der Waals surface area contributed by atoms with E-state index in [0.29, 0.717) is 0 Å². The zero-order valence-corrected chi connectivity index (χ0v) is 15.4. The van der Waals surface area contributed by atoms with Crippen LogP contribution in [0.25, 0.3) is 10.2 Å². The number of halogens is 2. The molecular formula is C15H12Br2N2OS. The first-order valence-corrected chi connectivity index (χ1v) is 8.64. The zero-order valence-electron chi connectivity index (χ0n) is 11.4. The number of ether oxygens (including phenoxy) is 1. The minimum Gasteiger partial charge on any atom is -0.495 e. The molecule has 21 heavy (non-hydrogen) atoms. The lowest BCUT2D eigenvalue weighted by Gasteiger charge is -2.09. The third kappa shape index (κ3) is 3.07. The summed E-state index contributed by atoms with van der Waals surface area (Å²) in [6.07, 6.45) is 0. The maximum absolute atomic E-state index is 5.33. The van der Waals surface area contributed by atoms with E-state index in [1.807, 2.05) is 12.1 Å². The van der Waals surface area contributed by atoms with Crippen LogP contribution in [0.5, 0.6) is 5.75 Å². The van der Waals surface area contributed by atoms with Crippen molar-refractivity contribution in [2.75, 3.05) is 12.4 Å². The standard InChI is InChI=1S/C15H12Br2N2OS/c1-8-3-4-14-12(5-8)19-15(21-14)18-11-7-13(20-2)10(17)6-9(11)16/h3-7H,1-2H3,(H,18,19). The Balaban J connectivity index is 1.98. The number of thiazole rings is 1. The Labute approximate surface area is 143 Å². The zero-order chi connectivity index (χ0) is 15.0. The van der Waals surface area contributed by atoms with Crippen molar-refractivity contribution in [2.24, 2.45) is 0 Å². The second kappa shape index (κ2) is 5.94. The Morgan fingerprint density at radius 1 is 1.14 bits per heavy atom. The van der Waals surface area contributed by atoms with Crippen molar-refractivity contribution in [3.05, 3.63) is 44.8 Å². The summed E-state index contributed by atoms with van der Waals surface area (Å²) in [5.74, 6) is 0.776. The number of hydrogen-bond donors (Lipinski definition) is 1. The molecule has 1 aromatic heterocycles. The summed E-state index contributed by atoms with van der Waals surface area (Å²) in [4.78, 5) is 4.62. The Kier molecular flexibility index (Phi) is 4.19. The number of nitrogens with one attached hydrogen (secondary N) is 1. The van der Waals surface area contributed by atoms with Gasteiger partial charge in [0.05, 0.1) is 27.5 Å². The number of nitrogens with zero attached hydrogens (tertiary/aromatic N) is 1. The molecule has 0 saturated carbocycles. The van der Waals surface area contributed by atoms with Crippen molar-refractivity contribution in [1.29, 1.82) is 0 Å². The molecule has 0 fully saturated rings. The molecule has 0 amide bonds. The fourth-order valence-electron chi connectivity index (χ4n) is 1.99. The highest BCUT2D eigenvalue weighted by Crippen LogP contribution is 2.37. The van der Waals surface area contributed by atoms with E-state index in [4.69, 9.17) is 4.74 Å². The number of benzene rings is 2. The highest BCUT2D eigenvalue weighted by Gasteiger charge is 2.10. The van der Waals surface area contributed by atoms with Gasteiger partial charge in [-0.05, 0) is 62.5 Å². The summed E-state index contributed by atoms with van der Waals surface area (Å²) in [7, 11) is 1.65. The van der Waals surface area contributed by atoms with Gasteiger partial charge in [-0.1, -0.05) is 17.4 Å². The smallest absolute Gasteiger partial charge is 0.188 e. The van der Waals surface area contributed by atoms with E-state index in [1.165, 1.54) is 10.3 Å². The van der Waals surface area contributed by atoms with E-state index in [2.05, 4.69) is 67.3 Å². The van der Waals surface area contributed by atoms with Gasteiger partial charge >= 0.3 is 0 Å². The lowest BCUT2D eigenvalue weighted by atomic mass is 10.2. The molecule has 0 spiro atoms. The molecule has 2 aromatic carbocycles. The van der Waals surface area contributed by atoms with Crippen molar-refractivity contribution < 1.29 is 4.74 Å². The number of aryl methyl sites for hydroxylation is 1. The Morgan fingerprint density at radius 2 is 1.95 bits per heavy atom. The molecule has 1 N–H and O–H groups in total. The monoisotopic (exact) mass is 426 g/mol. The Hall–Kier alpha value is -1.11. The van der Waals surface area contributed by atoms with E-state index >= 15 is 0 Å². The SMILES string of the molecule is COc1cc(Nc2nc3cc(C)ccc3s2)c(Br)cc1Br. The van der Waals surface area contributed by atoms with Crippen LogP contribution in [-0.2, 0) is 0 Å². The lowest BCUT2D eigenvalue weighted by Crippen LogP contribution is -1.93. The molecular weight excluding hydrogens is 416 g/mol. The molecule has 0 aliphatic rings. The molecule has 3 aromatic rings. The molecule has 108 valence electrons. The van der Waals surface area contributed by atoms with Crippen molar-refractivity contribution in [1.82, 2.24) is 4.98 Å². The highest BCUT2D eigenvalue weighted by molar-refractivity contribution is 9.11. The summed E-state index contributed by atoms with van der Waals surface area (Å²) in [6.45, 7) is 2.07. The van der Waals surface area contributed by atoms with Gasteiger partial charge in [-0.15, -0.1) is 0 Å². The van der Waals surface area contributed by atoms with E-state index in [-0.39, 0.29) is 0 Å². The first kappa shape index (κ1) is 14.8. The van der Waals surface area contributed by atoms with Gasteiger partial charge in [0.1, 0.15) is 5.75 Å². The van der Waals surface area contributed by atoms with Crippen molar-refractivity contribution in [3.63, 3.8) is 0 Å². The van der Waals surface area contributed by atoms with Crippen LogP contribution in [-0.4, -0.2) is 12.1 Å². The van der Waals surface area contributed by atoms with Crippen LogP contribution in [0.3, 0.4) is 0 Å². The van der Waals surface area contributed by atoms with Crippen molar-refractivity contribution in [3.8, 4) is 5.75 Å². The molecule has 0 saturated heterocycles. The van der Waals surface area contributed by atoms with Crippen LogP contribution >= 0.6 is 43.2 Å². The van der Waals surface area contributed by atoms with Gasteiger partial charge in [-0.25, -0.2) is 4.98 Å². The average molecular weight is 428 g/mol. The molecule has 0 aliphatic carbocycles. The maximum atomic E-state index is 5.33. The van der Waals surface area contributed by atoms with Gasteiger partial charge in [0, 0.05) is 10.5 Å². The maximum Gasteiger partial charge on any atom is 0.188 e. The van der Waals surface area contributed by atoms with Gasteiger partial charge in [0.15, 0.2) is 5.13 Å². The third-order valence-electron chi connectivity index (χ3n) is 3.03. The van der Waals surface area contributed by atoms with Crippen LogP contribution in [0.1, 0.15) is 5.56 Å². The number of anilines is 2. The highest BCUT2D eigenvalue weighted by atomic mass is 79.9. The predicted molar refractivity (Wildman–Crippen MR) is 96.0 cm³/mol. The molecule has 1 heterocycles. The van der Waals surface area contributed by atoms with Crippen LogP contribution in [0.4, 0.5) is 10.8 Å². The van der Waals surface area contributed by atoms with Crippen LogP contribution in [0, 0.1) is 6.92 Å². The van der Waals surface area contributed by atoms with E-state index in [0.717, 1.165) is 31.0 Å².